The van der Waals surface area contributed by atoms with Gasteiger partial charge < -0.3 is 9.84 Å². The van der Waals surface area contributed by atoms with Gasteiger partial charge in [0.05, 0.1) is 11.5 Å². The minimum Gasteiger partial charge on any atom is -0.334 e. The van der Waals surface area contributed by atoms with Gasteiger partial charge >= 0.3 is 0 Å². The Hall–Kier alpha value is -2.60. The highest BCUT2D eigenvalue weighted by Gasteiger charge is 2.10. The number of carbonyl (C=O) groups excluding carboxylic acids is 1. The van der Waals surface area contributed by atoms with Crippen molar-refractivity contribution in [1.29, 1.82) is 0 Å². The number of benzene rings is 2. The minimum absolute atomic E-state index is 0.0402. The van der Waals surface area contributed by atoms with Crippen LogP contribution < -0.4 is 5.32 Å². The van der Waals surface area contributed by atoms with Gasteiger partial charge in [0.1, 0.15) is 0 Å². The number of para-hydroxylation sites is 1. The van der Waals surface area contributed by atoms with E-state index in [1.165, 1.54) is 17.3 Å². The number of rotatable bonds is 6. The number of nitrogens with one attached hydrogen (secondary N) is 1. The number of amides is 1. The lowest BCUT2D eigenvalue weighted by molar-refractivity contribution is -0.113. The van der Waals surface area contributed by atoms with Crippen molar-refractivity contribution < 1.29 is 9.32 Å². The molecule has 0 bridgehead atoms. The van der Waals surface area contributed by atoms with Crippen LogP contribution >= 0.6 is 11.8 Å². The van der Waals surface area contributed by atoms with Crippen LogP contribution in [0.1, 0.15) is 17.0 Å². The van der Waals surface area contributed by atoms with Crippen molar-refractivity contribution in [2.24, 2.45) is 0 Å². The summed E-state index contributed by atoms with van der Waals surface area (Å²) in [7, 11) is 0. The molecule has 1 amide bonds. The van der Waals surface area contributed by atoms with Crippen molar-refractivity contribution in [2.75, 3.05) is 11.1 Å². The van der Waals surface area contributed by atoms with Crippen LogP contribution in [0.3, 0.4) is 0 Å². The summed E-state index contributed by atoms with van der Waals surface area (Å²) in [6, 6.07) is 15.6. The zero-order valence-electron chi connectivity index (χ0n) is 14.2. The molecular formula is C19H19N3O2S. The van der Waals surface area contributed by atoms with Crippen molar-refractivity contribution in [1.82, 2.24) is 10.1 Å². The largest absolute Gasteiger partial charge is 0.334 e. The van der Waals surface area contributed by atoms with Crippen LogP contribution in [-0.2, 0) is 10.5 Å². The molecule has 1 heterocycles. The van der Waals surface area contributed by atoms with Gasteiger partial charge in [-0.1, -0.05) is 41.1 Å². The molecule has 0 unspecified atom stereocenters. The van der Waals surface area contributed by atoms with Gasteiger partial charge in [0.2, 0.25) is 5.91 Å². The first-order chi connectivity index (χ1) is 12.1. The van der Waals surface area contributed by atoms with E-state index in [1.807, 2.05) is 62.4 Å². The Balaban J connectivity index is 1.50. The number of hydrogen-bond acceptors (Lipinski definition) is 5. The first-order valence-electron chi connectivity index (χ1n) is 7.94. The molecule has 0 atom stereocenters. The Bertz CT molecular complexity index is 859. The molecule has 3 aromatic rings. The third-order valence-electron chi connectivity index (χ3n) is 3.65. The maximum Gasteiger partial charge on any atom is 0.257 e. The SMILES string of the molecule is Cc1ccc(-c2nc(CSCC(=O)Nc3ccccc3C)no2)cc1. The average Bonchev–Trinajstić information content (AvgIpc) is 3.06. The van der Waals surface area contributed by atoms with E-state index in [1.54, 1.807) is 0 Å². The van der Waals surface area contributed by atoms with Gasteiger partial charge in [-0.15, -0.1) is 11.8 Å². The number of carbonyl (C=O) groups is 1. The first kappa shape index (κ1) is 17.2. The van der Waals surface area contributed by atoms with Crippen LogP contribution in [0.4, 0.5) is 5.69 Å². The van der Waals surface area contributed by atoms with Crippen LogP contribution in [0.5, 0.6) is 0 Å². The van der Waals surface area contributed by atoms with Crippen molar-refractivity contribution in [3.8, 4) is 11.5 Å². The smallest absolute Gasteiger partial charge is 0.257 e. The van der Waals surface area contributed by atoms with E-state index < -0.39 is 0 Å². The Morgan fingerprint density at radius 3 is 2.64 bits per heavy atom. The van der Waals surface area contributed by atoms with Gasteiger partial charge in [0, 0.05) is 11.3 Å². The third kappa shape index (κ3) is 4.70. The fourth-order valence-corrected chi connectivity index (χ4v) is 2.92. The average molecular weight is 353 g/mol. The number of aromatic nitrogens is 2. The van der Waals surface area contributed by atoms with Gasteiger partial charge in [0.25, 0.3) is 5.89 Å². The van der Waals surface area contributed by atoms with E-state index in [4.69, 9.17) is 4.52 Å². The second-order valence-electron chi connectivity index (χ2n) is 5.74. The highest BCUT2D eigenvalue weighted by atomic mass is 32.2. The molecule has 2 aromatic carbocycles. The molecule has 0 aliphatic carbocycles. The van der Waals surface area contributed by atoms with Gasteiger partial charge in [0.15, 0.2) is 5.82 Å². The summed E-state index contributed by atoms with van der Waals surface area (Å²) in [4.78, 5) is 16.4. The van der Waals surface area contributed by atoms with Gasteiger partial charge in [-0.2, -0.15) is 4.98 Å². The van der Waals surface area contributed by atoms with Crippen molar-refractivity contribution in [3.63, 3.8) is 0 Å². The molecule has 0 spiro atoms. The molecule has 0 aliphatic rings. The summed E-state index contributed by atoms with van der Waals surface area (Å²) in [6.45, 7) is 4.00. The van der Waals surface area contributed by atoms with E-state index in [0.717, 1.165) is 16.8 Å². The van der Waals surface area contributed by atoms with Gasteiger partial charge in [-0.25, -0.2) is 0 Å². The maximum absolute atomic E-state index is 12.0. The fourth-order valence-electron chi connectivity index (χ4n) is 2.26. The Labute approximate surface area is 150 Å². The van der Waals surface area contributed by atoms with Crippen LogP contribution in [0.25, 0.3) is 11.5 Å². The molecular weight excluding hydrogens is 334 g/mol. The molecule has 1 N–H and O–H groups in total. The lowest BCUT2D eigenvalue weighted by atomic mass is 10.1. The monoisotopic (exact) mass is 353 g/mol. The molecule has 1 aromatic heterocycles. The number of anilines is 1. The predicted octanol–water partition coefficient (Wildman–Crippen LogP) is 4.23. The van der Waals surface area contributed by atoms with E-state index in [0.29, 0.717) is 23.2 Å². The molecule has 0 aliphatic heterocycles. The molecule has 6 heteroatoms. The molecule has 0 saturated heterocycles. The summed E-state index contributed by atoms with van der Waals surface area (Å²) >= 11 is 1.45. The number of nitrogens with zero attached hydrogens (tertiary/aromatic N) is 2. The van der Waals surface area contributed by atoms with Crippen molar-refractivity contribution >= 4 is 23.4 Å². The van der Waals surface area contributed by atoms with Gasteiger partial charge in [-0.3, -0.25) is 4.79 Å². The van der Waals surface area contributed by atoms with E-state index >= 15 is 0 Å². The lowest BCUT2D eigenvalue weighted by Gasteiger charge is -2.07. The summed E-state index contributed by atoms with van der Waals surface area (Å²) < 4.78 is 5.28. The van der Waals surface area contributed by atoms with E-state index in [9.17, 15) is 4.79 Å². The topological polar surface area (TPSA) is 68.0 Å². The van der Waals surface area contributed by atoms with E-state index in [-0.39, 0.29) is 5.91 Å². The minimum atomic E-state index is -0.0402. The highest BCUT2D eigenvalue weighted by molar-refractivity contribution is 7.99. The quantitative estimate of drug-likeness (QED) is 0.718. The summed E-state index contributed by atoms with van der Waals surface area (Å²) in [5, 5.41) is 6.88. The molecule has 0 saturated carbocycles. The second-order valence-corrected chi connectivity index (χ2v) is 6.72. The lowest BCUT2D eigenvalue weighted by Crippen LogP contribution is -2.14. The zero-order chi connectivity index (χ0) is 17.6. The molecule has 128 valence electrons. The Morgan fingerprint density at radius 2 is 1.88 bits per heavy atom. The molecule has 0 fully saturated rings. The molecule has 3 rings (SSSR count). The summed E-state index contributed by atoms with van der Waals surface area (Å²) in [5.41, 5.74) is 3.96. The van der Waals surface area contributed by atoms with Gasteiger partial charge in [-0.05, 0) is 37.6 Å². The van der Waals surface area contributed by atoms with Crippen molar-refractivity contribution in [3.05, 3.63) is 65.5 Å². The highest BCUT2D eigenvalue weighted by Crippen LogP contribution is 2.19. The maximum atomic E-state index is 12.0. The zero-order valence-corrected chi connectivity index (χ0v) is 15.0. The number of aryl methyl sites for hydroxylation is 2. The number of hydrogen-bond donors (Lipinski definition) is 1. The van der Waals surface area contributed by atoms with Crippen LogP contribution in [0.2, 0.25) is 0 Å². The predicted molar refractivity (Wildman–Crippen MR) is 100 cm³/mol. The van der Waals surface area contributed by atoms with Crippen LogP contribution in [0, 0.1) is 13.8 Å². The van der Waals surface area contributed by atoms with Crippen LogP contribution in [0.15, 0.2) is 53.1 Å². The molecule has 5 nitrogen and oxygen atoms in total. The molecule has 25 heavy (non-hydrogen) atoms. The molecule has 0 radical (unpaired) electrons. The Morgan fingerprint density at radius 1 is 1.12 bits per heavy atom. The van der Waals surface area contributed by atoms with Crippen molar-refractivity contribution in [2.45, 2.75) is 19.6 Å². The van der Waals surface area contributed by atoms with E-state index in [2.05, 4.69) is 15.5 Å². The summed E-state index contributed by atoms with van der Waals surface area (Å²) in [5.74, 6) is 1.91. The normalized spacial score (nSPS) is 10.6. The second kappa shape index (κ2) is 7.98. The Kier molecular flexibility index (Phi) is 5.50. The standard InChI is InChI=1S/C19H19N3O2S/c1-13-7-9-15(10-8-13)19-21-17(22-24-19)11-25-12-18(23)20-16-6-4-3-5-14(16)2/h3-10H,11-12H2,1-2H3,(H,20,23). The fraction of sp³-hybridized carbons (Fsp3) is 0.211. The van der Waals surface area contributed by atoms with Crippen LogP contribution in [-0.4, -0.2) is 21.8 Å². The summed E-state index contributed by atoms with van der Waals surface area (Å²) in [6.07, 6.45) is 0. The third-order valence-corrected chi connectivity index (χ3v) is 4.58. The number of thioether (sulfide) groups is 1. The first-order valence-corrected chi connectivity index (χ1v) is 9.10.